The van der Waals surface area contributed by atoms with E-state index in [-0.39, 0.29) is 64.9 Å². The van der Waals surface area contributed by atoms with Crippen molar-refractivity contribution >= 4 is 91.6 Å². The van der Waals surface area contributed by atoms with Crippen molar-refractivity contribution < 1.29 is 66.0 Å². The molecule has 96 heavy (non-hydrogen) atoms. The van der Waals surface area contributed by atoms with Crippen LogP contribution in [0.2, 0.25) is 6.32 Å². The molecule has 1 radical (unpaired) electrons. The predicted octanol–water partition coefficient (Wildman–Crippen LogP) is 16.3. The standard InChI is InChI=1S/C35H51BF2N2O5.2C18H15P.C6H13BO2.CClO.Rh/c1-12-14-28(33(5,6)7)40(31(42)26-20-22(2)19-23(3)21-26)39-30(41)27-17-16-25(29(24(27)4)43-32(37)38)15-13-18-36-44-34(8,9)35(10,11)45-36;2*1-4-10-16(11-5-1)19(17-12-6-2-7-13-17)18-14-8-3-9-15-18;1-5(2)6(3,4)9-7-8-5;2-1-3;/h16-17,19-21,28,32H,12-15,18H2,1-11H3,(H,39,41);2*1-15H;7H,1-4H3;;/q;;;;-1;/t28-;;;;;/m1...../s1. The van der Waals surface area contributed by atoms with E-state index in [1.807, 2.05) is 103 Å². The maximum Gasteiger partial charge on any atom is 0.457 e. The van der Waals surface area contributed by atoms with Gasteiger partial charge in [0.2, 0.25) is 0 Å². The molecule has 2 aliphatic rings. The predicted molar refractivity (Wildman–Crippen MR) is 394 cm³/mol. The van der Waals surface area contributed by atoms with Crippen LogP contribution in [-0.2, 0) is 49.3 Å². The molecule has 0 spiro atoms. The molecule has 10 rings (SSSR count). The first-order valence-electron chi connectivity index (χ1n) is 32.4. The number of rotatable bonds is 17. The van der Waals surface area contributed by atoms with E-state index in [2.05, 4.69) is 199 Å². The molecule has 2 saturated heterocycles. The van der Waals surface area contributed by atoms with E-state index in [4.69, 9.17) is 28.1 Å². The van der Waals surface area contributed by atoms with Crippen LogP contribution in [0, 0.1) is 26.2 Å². The second-order valence-corrected chi connectivity index (χ2v) is 31.1. The average molecular weight is 1450 g/mol. The van der Waals surface area contributed by atoms with Gasteiger partial charge in [0.1, 0.15) is 5.75 Å². The second-order valence-electron chi connectivity index (χ2n) is 26.5. The number of aryl methyl sites for hydroxylation is 3. The Bertz CT molecular complexity index is 3300. The van der Waals surface area contributed by atoms with Crippen molar-refractivity contribution in [3.8, 4) is 5.75 Å². The summed E-state index contributed by atoms with van der Waals surface area (Å²) in [5.74, 6) is 0.0442. The van der Waals surface area contributed by atoms with Gasteiger partial charge in [0.15, 0.2) is 0 Å². The summed E-state index contributed by atoms with van der Waals surface area (Å²) in [7, 11) is -0.864. The van der Waals surface area contributed by atoms with E-state index in [0.29, 0.717) is 44.4 Å². The molecule has 0 aromatic heterocycles. The van der Waals surface area contributed by atoms with Crippen LogP contribution < -0.4 is 42.0 Å². The van der Waals surface area contributed by atoms with Crippen molar-refractivity contribution in [2.75, 3.05) is 0 Å². The quantitative estimate of drug-likeness (QED) is 0.0315. The van der Waals surface area contributed by atoms with Crippen molar-refractivity contribution in [2.45, 2.75) is 171 Å². The zero-order valence-corrected chi connectivity index (χ0v) is 62.4. The van der Waals surface area contributed by atoms with Crippen LogP contribution in [-0.4, -0.2) is 72.4 Å². The third kappa shape index (κ3) is 22.9. The molecule has 10 nitrogen and oxygen atoms in total. The molecule has 2 amide bonds. The molecule has 2 aliphatic heterocycles. The fraction of sp³-hybridized carbons (Fsp3) is 0.346. The fourth-order valence-electron chi connectivity index (χ4n) is 10.9. The number of halogens is 3. The first kappa shape index (κ1) is 80.5. The summed E-state index contributed by atoms with van der Waals surface area (Å²) in [5.41, 5.74) is 4.66. The van der Waals surface area contributed by atoms with Gasteiger partial charge in [-0.2, -0.15) is 14.5 Å². The number of amides is 2. The number of alkyl halides is 2. The first-order valence-corrected chi connectivity index (χ1v) is 35.4. The van der Waals surface area contributed by atoms with Crippen LogP contribution in [0.15, 0.2) is 212 Å². The number of nitrogens with one attached hydrogen (secondary N) is 1. The normalized spacial score (nSPS) is 14.9. The third-order valence-corrected chi connectivity index (χ3v) is 22.2. The van der Waals surface area contributed by atoms with E-state index in [1.165, 1.54) is 36.8 Å². The zero-order chi connectivity index (χ0) is 69.6. The van der Waals surface area contributed by atoms with Crippen LogP contribution in [0.25, 0.3) is 0 Å². The van der Waals surface area contributed by atoms with Gasteiger partial charge in [-0.1, -0.05) is 246 Å². The SMILES string of the molecule is CC1(C)OBOC1(C)C.CCC[C@@H](N(NC(=O)c1ccc(CCCB2OC(C)(C)C(C)(C)O2)c(OC(F)F)c1C)C(=O)c1cc(C)cc(C)c1)C(C)(C)C.O=[C-]Cl.[Rh].c1ccc(P(c2ccccc2)c2ccccc2)cc1.c1ccc(P(c2ccccc2)c2ccccc2)cc1. The number of carbonyl (C=O) groups excluding carboxylic acids is 3. The van der Waals surface area contributed by atoms with Gasteiger partial charge in [-0.25, -0.2) is 5.01 Å². The molecule has 0 unspecified atom stereocenters. The molecule has 0 bridgehead atoms. The van der Waals surface area contributed by atoms with Gasteiger partial charge in [-0.15, -0.1) is 0 Å². The van der Waals surface area contributed by atoms with Crippen molar-refractivity contribution in [1.29, 1.82) is 0 Å². The third-order valence-electron chi connectivity index (χ3n) is 17.3. The topological polar surface area (TPSA) is 113 Å². The van der Waals surface area contributed by atoms with Gasteiger partial charge >= 0.3 is 21.4 Å². The Morgan fingerprint density at radius 1 is 0.604 bits per heavy atom. The molecule has 18 heteroatoms. The molecule has 0 aliphatic carbocycles. The average Bonchev–Trinajstić information content (AvgIpc) is 1.37. The summed E-state index contributed by atoms with van der Waals surface area (Å²) in [6.45, 7) is 26.6. The molecule has 0 saturated carbocycles. The summed E-state index contributed by atoms with van der Waals surface area (Å²) >= 11 is 4.19. The van der Waals surface area contributed by atoms with E-state index < -0.39 is 46.7 Å². The van der Waals surface area contributed by atoms with Gasteiger partial charge in [0, 0.05) is 36.2 Å². The largest absolute Gasteiger partial charge is 0.525 e. The fourth-order valence-corrected chi connectivity index (χ4v) is 15.5. The maximum absolute atomic E-state index is 14.0. The summed E-state index contributed by atoms with van der Waals surface area (Å²) in [6, 6.07) is 73.2. The summed E-state index contributed by atoms with van der Waals surface area (Å²) < 4.78 is 55.1. The number of benzene rings is 8. The van der Waals surface area contributed by atoms with Crippen molar-refractivity contribution in [3.63, 3.8) is 0 Å². The number of nitrogens with zero attached hydrogens (tertiary/aromatic N) is 1. The van der Waals surface area contributed by atoms with Crippen LogP contribution in [0.4, 0.5) is 8.78 Å². The Morgan fingerprint density at radius 3 is 1.26 bits per heavy atom. The number of carbonyl (C=O) groups is 2. The van der Waals surface area contributed by atoms with Gasteiger partial charge in [-0.3, -0.25) is 15.0 Å². The zero-order valence-electron chi connectivity index (χ0n) is 58.3. The molecular formula is C78H94B2ClF2N2O8P2Rh-. The van der Waals surface area contributed by atoms with Crippen molar-refractivity contribution in [2.24, 2.45) is 5.41 Å². The Labute approximate surface area is 592 Å². The molecule has 2 fully saturated rings. The minimum atomic E-state index is -3.07. The Kier molecular flexibility index (Phi) is 31.6. The summed E-state index contributed by atoms with van der Waals surface area (Å²) in [6.07, 6.45) is 3.04. The molecular weight excluding hydrogens is 1350 g/mol. The van der Waals surface area contributed by atoms with E-state index in [1.54, 1.807) is 31.2 Å². The second kappa shape index (κ2) is 37.7. The number of ether oxygens (including phenoxy) is 1. The molecule has 1 N–H and O–H groups in total. The van der Waals surface area contributed by atoms with Crippen LogP contribution in [0.3, 0.4) is 0 Å². The van der Waals surface area contributed by atoms with Crippen molar-refractivity contribution in [3.05, 3.63) is 246 Å². The summed E-state index contributed by atoms with van der Waals surface area (Å²) in [5, 5.41) is 9.81. The van der Waals surface area contributed by atoms with Crippen LogP contribution in [0.1, 0.15) is 145 Å². The van der Waals surface area contributed by atoms with Gasteiger partial charge < -0.3 is 39.7 Å². The smallest absolute Gasteiger partial charge is 0.457 e. The molecule has 2 heterocycles. The van der Waals surface area contributed by atoms with Crippen LogP contribution in [0.5, 0.6) is 5.75 Å². The molecule has 1 atom stereocenters. The molecule has 511 valence electrons. The Balaban J connectivity index is 0.000000265. The number of hydrogen-bond donors (Lipinski definition) is 1. The Hall–Kier alpha value is -6.23. The van der Waals surface area contributed by atoms with Gasteiger partial charge in [-0.05, 0) is 172 Å². The van der Waals surface area contributed by atoms with Gasteiger partial charge in [0.25, 0.3) is 11.8 Å². The summed E-state index contributed by atoms with van der Waals surface area (Å²) in [4.78, 5) is 36.3. The van der Waals surface area contributed by atoms with E-state index in [9.17, 15) is 18.4 Å². The maximum atomic E-state index is 14.0. The number of hydrazine groups is 1. The van der Waals surface area contributed by atoms with Gasteiger partial charge in [0.05, 0.1) is 28.4 Å². The van der Waals surface area contributed by atoms with E-state index in [0.717, 1.165) is 23.3 Å². The van der Waals surface area contributed by atoms with Crippen LogP contribution >= 0.6 is 27.4 Å². The minimum Gasteiger partial charge on any atom is -0.525 e. The monoisotopic (exact) mass is 1450 g/mol. The first-order chi connectivity index (χ1) is 45.0. The Morgan fingerprint density at radius 2 is 0.958 bits per heavy atom. The number of hydrogen-bond acceptors (Lipinski definition) is 8. The van der Waals surface area contributed by atoms with E-state index >= 15 is 0 Å². The molecule has 8 aromatic carbocycles. The molecule has 8 aromatic rings. The van der Waals surface area contributed by atoms with Crippen molar-refractivity contribution in [1.82, 2.24) is 10.4 Å². The minimum absolute atomic E-state index is 0.